The molecule has 0 saturated carbocycles. The van der Waals surface area contributed by atoms with Gasteiger partial charge in [0.15, 0.2) is 24.0 Å². The number of hydrogen-bond donors (Lipinski definition) is 2. The van der Waals surface area contributed by atoms with E-state index in [4.69, 9.17) is 35.2 Å². The maximum absolute atomic E-state index is 15.7. The van der Waals surface area contributed by atoms with Gasteiger partial charge in [0.25, 0.3) is 0 Å². The van der Waals surface area contributed by atoms with Crippen molar-refractivity contribution in [2.24, 2.45) is 0 Å². The molecule has 0 bridgehead atoms. The van der Waals surface area contributed by atoms with Gasteiger partial charge in [-0.05, 0) is 32.9 Å². The number of nitrogen functional groups attached to an aromatic ring is 1. The van der Waals surface area contributed by atoms with Gasteiger partial charge in [-0.15, -0.1) is 6.42 Å². The zero-order valence-electron chi connectivity index (χ0n) is 20.5. The Balaban J connectivity index is 1.85. The largest absolute Gasteiger partial charge is 0.530 e. The molecule has 1 aromatic heterocycles. The van der Waals surface area contributed by atoms with Gasteiger partial charge in [0.2, 0.25) is 5.67 Å². The summed E-state index contributed by atoms with van der Waals surface area (Å²) < 4.78 is 69.8. The second-order valence-corrected chi connectivity index (χ2v) is 9.97. The van der Waals surface area contributed by atoms with Gasteiger partial charge >= 0.3 is 19.5 Å². The first-order chi connectivity index (χ1) is 17.8. The molecule has 1 fully saturated rings. The summed E-state index contributed by atoms with van der Waals surface area (Å²) >= 11 is 0. The summed E-state index contributed by atoms with van der Waals surface area (Å²) in [5.74, 6) is -1.05. The number of anilines is 1. The molecule has 6 atom stereocenters. The van der Waals surface area contributed by atoms with Crippen LogP contribution in [0, 0.1) is 18.2 Å². The Morgan fingerprint density at radius 2 is 2.03 bits per heavy atom. The molecule has 206 valence electrons. The van der Waals surface area contributed by atoms with Crippen molar-refractivity contribution in [1.82, 2.24) is 9.55 Å². The molecule has 38 heavy (non-hydrogen) atoms. The van der Waals surface area contributed by atoms with Gasteiger partial charge in [-0.3, -0.25) is 13.6 Å². The van der Waals surface area contributed by atoms with Crippen molar-refractivity contribution in [2.45, 2.75) is 57.1 Å². The molecule has 12 nitrogen and oxygen atoms in total. The predicted octanol–water partition coefficient (Wildman–Crippen LogP) is 2.12. The Morgan fingerprint density at radius 3 is 2.63 bits per heavy atom. The smallest absolute Gasteiger partial charge is 0.461 e. The van der Waals surface area contributed by atoms with Crippen molar-refractivity contribution in [3.05, 3.63) is 52.8 Å². The number of rotatable bonds is 10. The third-order valence-electron chi connectivity index (χ3n) is 5.18. The number of ether oxygens (including phenoxy) is 2. The van der Waals surface area contributed by atoms with Crippen molar-refractivity contribution in [3.8, 4) is 18.1 Å². The number of hydrogen-bond acceptors (Lipinski definition) is 11. The first kappa shape index (κ1) is 29.2. The Kier molecular flexibility index (Phi) is 8.91. The van der Waals surface area contributed by atoms with E-state index in [2.05, 4.69) is 4.98 Å². The third kappa shape index (κ3) is 6.38. The Bertz CT molecular complexity index is 1300. The minimum absolute atomic E-state index is 0.0319. The number of aliphatic hydroxyl groups is 1. The molecule has 0 radical (unpaired) electrons. The quantitative estimate of drug-likeness (QED) is 0.250. The fourth-order valence-electron chi connectivity index (χ4n) is 3.35. The summed E-state index contributed by atoms with van der Waals surface area (Å²) in [4.78, 5) is 27.7. The fraction of sp³-hybridized carbons (Fsp3) is 0.435. The van der Waals surface area contributed by atoms with Crippen LogP contribution in [0.2, 0.25) is 0 Å². The number of benzene rings is 1. The molecule has 0 aliphatic carbocycles. The van der Waals surface area contributed by atoms with Crippen LogP contribution in [0.4, 0.5) is 14.6 Å². The van der Waals surface area contributed by atoms with E-state index in [0.717, 1.165) is 0 Å². The standard InChI is InChI=1S/C23H26F2N3O9P/c1-5-23(25)18(29)17(35-21(23)28-11-16(24)19(26)27-22(28)31)12-33-38(32,37-15-9-7-6-8-10-15)36-14(4)20(30)34-13(2)3/h1,6-11,13-14,17-18,21,29H,12H2,2-4H3,(H2,26,27,31)/t14-,17+,18?,21+,23+,38-/m0/s1. The summed E-state index contributed by atoms with van der Waals surface area (Å²) in [6.45, 7) is 3.57. The van der Waals surface area contributed by atoms with E-state index in [1.54, 1.807) is 38.0 Å². The number of aliphatic hydroxyl groups excluding tert-OH is 1. The summed E-state index contributed by atoms with van der Waals surface area (Å²) in [6, 6.07) is 7.63. The summed E-state index contributed by atoms with van der Waals surface area (Å²) in [7, 11) is -4.66. The minimum Gasteiger partial charge on any atom is -0.461 e. The molecule has 1 aromatic carbocycles. The molecule has 0 amide bonds. The lowest BCUT2D eigenvalue weighted by Gasteiger charge is -2.24. The highest BCUT2D eigenvalue weighted by atomic mass is 31.2. The molecule has 1 unspecified atom stereocenters. The Labute approximate surface area is 216 Å². The average Bonchev–Trinajstić information content (AvgIpc) is 3.10. The van der Waals surface area contributed by atoms with E-state index in [1.165, 1.54) is 19.1 Å². The third-order valence-corrected chi connectivity index (χ3v) is 6.66. The van der Waals surface area contributed by atoms with Crippen LogP contribution in [0.25, 0.3) is 0 Å². The van der Waals surface area contributed by atoms with Gasteiger partial charge in [-0.1, -0.05) is 24.1 Å². The normalized spacial score (nSPS) is 25.4. The summed E-state index contributed by atoms with van der Waals surface area (Å²) in [5, 5.41) is 10.6. The lowest BCUT2D eigenvalue weighted by molar-refractivity contribution is -0.156. The van der Waals surface area contributed by atoms with E-state index >= 15 is 4.39 Å². The molecule has 3 rings (SSSR count). The number of halogens is 2. The second kappa shape index (κ2) is 11.6. The Morgan fingerprint density at radius 1 is 1.37 bits per heavy atom. The lowest BCUT2D eigenvalue weighted by atomic mass is 9.97. The molecule has 1 saturated heterocycles. The maximum Gasteiger partial charge on any atom is 0.530 e. The summed E-state index contributed by atoms with van der Waals surface area (Å²) in [5.41, 5.74) is 0.976. The molecule has 1 aliphatic heterocycles. The van der Waals surface area contributed by atoms with Crippen LogP contribution >= 0.6 is 7.82 Å². The second-order valence-electron chi connectivity index (χ2n) is 8.43. The number of carbonyl (C=O) groups is 1. The maximum atomic E-state index is 15.7. The van der Waals surface area contributed by atoms with E-state index in [1.807, 2.05) is 0 Å². The van der Waals surface area contributed by atoms with Gasteiger partial charge in [-0.2, -0.15) is 4.98 Å². The van der Waals surface area contributed by atoms with E-state index < -0.39 is 74.0 Å². The summed E-state index contributed by atoms with van der Waals surface area (Å²) in [6.07, 6.45) is -2.01. The molecule has 1 aliphatic rings. The molecule has 2 heterocycles. The number of terminal acetylenes is 1. The number of nitrogens with two attached hydrogens (primary N) is 1. The van der Waals surface area contributed by atoms with Gasteiger partial charge in [0.05, 0.1) is 18.9 Å². The predicted molar refractivity (Wildman–Crippen MR) is 128 cm³/mol. The van der Waals surface area contributed by atoms with E-state index in [-0.39, 0.29) is 5.75 Å². The number of carbonyl (C=O) groups excluding carboxylic acids is 1. The van der Waals surface area contributed by atoms with Crippen molar-refractivity contribution in [3.63, 3.8) is 0 Å². The highest BCUT2D eigenvalue weighted by molar-refractivity contribution is 7.49. The van der Waals surface area contributed by atoms with Crippen LogP contribution in [0.3, 0.4) is 0 Å². The van der Waals surface area contributed by atoms with Crippen LogP contribution in [0.15, 0.2) is 41.3 Å². The number of nitrogens with zero attached hydrogens (tertiary/aromatic N) is 2. The van der Waals surface area contributed by atoms with Gasteiger partial charge < -0.3 is 24.8 Å². The number of alkyl halides is 1. The molecule has 15 heteroatoms. The highest BCUT2D eigenvalue weighted by Crippen LogP contribution is 2.52. The van der Waals surface area contributed by atoms with Gasteiger partial charge in [0.1, 0.15) is 18.0 Å². The average molecular weight is 557 g/mol. The van der Waals surface area contributed by atoms with Crippen molar-refractivity contribution < 1.29 is 46.3 Å². The number of aromatic nitrogens is 2. The van der Waals surface area contributed by atoms with Crippen LogP contribution in [0.5, 0.6) is 5.75 Å². The zero-order chi connectivity index (χ0) is 28.3. The lowest BCUT2D eigenvalue weighted by Crippen LogP contribution is -2.44. The number of esters is 1. The Hall–Kier alpha value is -3.34. The van der Waals surface area contributed by atoms with Crippen molar-refractivity contribution in [2.75, 3.05) is 12.3 Å². The number of phosphoric acid groups is 1. The van der Waals surface area contributed by atoms with Crippen LogP contribution in [-0.2, 0) is 27.9 Å². The van der Waals surface area contributed by atoms with Gasteiger partial charge in [-0.25, -0.2) is 22.9 Å². The van der Waals surface area contributed by atoms with Crippen molar-refractivity contribution in [1.29, 1.82) is 0 Å². The van der Waals surface area contributed by atoms with Crippen LogP contribution < -0.4 is 15.9 Å². The van der Waals surface area contributed by atoms with Crippen LogP contribution in [0.1, 0.15) is 27.0 Å². The number of phosphoric ester groups is 1. The topological polar surface area (TPSA) is 161 Å². The SMILES string of the molecule is C#C[C@@]1(F)C(O)[C@@H](CO[P@](=O)(Oc2ccccc2)O[C@@H](C)C(=O)OC(C)C)O[C@H]1n1cc(F)c(N)nc1=O. The zero-order valence-corrected chi connectivity index (χ0v) is 21.4. The van der Waals surface area contributed by atoms with Crippen LogP contribution in [-0.4, -0.2) is 57.3 Å². The van der Waals surface area contributed by atoms with Gasteiger partial charge in [0, 0.05) is 0 Å². The molecular formula is C23H26F2N3O9P. The molecule has 2 aromatic rings. The first-order valence-corrected chi connectivity index (χ1v) is 12.7. The molecular weight excluding hydrogens is 531 g/mol. The van der Waals surface area contributed by atoms with E-state index in [0.29, 0.717) is 10.8 Å². The van der Waals surface area contributed by atoms with E-state index in [9.17, 15) is 23.7 Å². The minimum atomic E-state index is -4.66. The highest BCUT2D eigenvalue weighted by Gasteiger charge is 2.58. The fourth-order valence-corrected chi connectivity index (χ4v) is 4.69. The molecule has 3 N–H and O–H groups in total. The molecule has 0 spiro atoms. The number of para-hydroxylation sites is 1. The van der Waals surface area contributed by atoms with Crippen molar-refractivity contribution >= 4 is 19.6 Å². The first-order valence-electron chi connectivity index (χ1n) is 11.2. The monoisotopic (exact) mass is 557 g/mol.